The van der Waals surface area contributed by atoms with Gasteiger partial charge in [-0.2, -0.15) is 0 Å². The van der Waals surface area contributed by atoms with Crippen molar-refractivity contribution in [1.82, 2.24) is 10.6 Å². The van der Waals surface area contributed by atoms with Gasteiger partial charge in [0, 0.05) is 24.7 Å². The lowest BCUT2D eigenvalue weighted by Crippen LogP contribution is -2.38. The minimum atomic E-state index is -3.25. The fourth-order valence-electron chi connectivity index (χ4n) is 2.55. The molecule has 0 unspecified atom stereocenters. The Balaban J connectivity index is 1.82. The summed E-state index contributed by atoms with van der Waals surface area (Å²) < 4.78 is 24.5. The smallest absolute Gasteiger partial charge is 0.191 e. The number of nitrogens with zero attached hydrogens (tertiary/aromatic N) is 1. The first-order valence-electron chi connectivity index (χ1n) is 9.06. The van der Waals surface area contributed by atoms with Crippen LogP contribution in [0.5, 0.6) is 0 Å². The maximum absolute atomic E-state index is 12.3. The zero-order valence-electron chi connectivity index (χ0n) is 15.5. The molecular weight excluding hydrogens is 382 g/mol. The van der Waals surface area contributed by atoms with E-state index >= 15 is 0 Å². The molecule has 2 aromatic rings. The van der Waals surface area contributed by atoms with Gasteiger partial charge in [-0.25, -0.2) is 8.42 Å². The zero-order valence-corrected chi connectivity index (χ0v) is 17.1. The summed E-state index contributed by atoms with van der Waals surface area (Å²) in [5.41, 5.74) is 1.08. The highest BCUT2D eigenvalue weighted by molar-refractivity contribution is 7.91. The largest absolute Gasteiger partial charge is 0.357 e. The summed E-state index contributed by atoms with van der Waals surface area (Å²) in [5, 5.41) is 7.18. The minimum Gasteiger partial charge on any atom is -0.357 e. The van der Waals surface area contributed by atoms with Crippen molar-refractivity contribution in [3.8, 4) is 0 Å². The number of hydrogen-bond acceptors (Lipinski definition) is 3. The van der Waals surface area contributed by atoms with Gasteiger partial charge in [0.15, 0.2) is 15.8 Å². The van der Waals surface area contributed by atoms with Gasteiger partial charge >= 0.3 is 0 Å². The van der Waals surface area contributed by atoms with Crippen molar-refractivity contribution in [2.24, 2.45) is 4.99 Å². The molecule has 0 spiro atoms. The van der Waals surface area contributed by atoms with Crippen molar-refractivity contribution < 1.29 is 8.42 Å². The Hall–Kier alpha value is -2.05. The van der Waals surface area contributed by atoms with E-state index in [4.69, 9.17) is 11.6 Å². The molecule has 0 atom stereocenters. The molecule has 5 nitrogen and oxygen atoms in total. The average molecular weight is 408 g/mol. The fraction of sp³-hybridized carbons (Fsp3) is 0.350. The molecule has 7 heteroatoms. The molecule has 0 aromatic heterocycles. The molecule has 0 aliphatic carbocycles. The molecule has 0 radical (unpaired) electrons. The Morgan fingerprint density at radius 3 is 2.44 bits per heavy atom. The topological polar surface area (TPSA) is 70.6 Å². The van der Waals surface area contributed by atoms with Crippen LogP contribution in [0.1, 0.15) is 18.9 Å². The molecule has 0 saturated carbocycles. The first kappa shape index (κ1) is 21.3. The SMILES string of the molecule is CCNC(=NCCCS(=O)(=O)c1ccccc1)NCCc1ccccc1Cl. The lowest BCUT2D eigenvalue weighted by Gasteiger charge is -2.12. The maximum Gasteiger partial charge on any atom is 0.191 e. The van der Waals surface area contributed by atoms with Gasteiger partial charge in [0.1, 0.15) is 0 Å². The van der Waals surface area contributed by atoms with Gasteiger partial charge in [0.25, 0.3) is 0 Å². The molecule has 0 amide bonds. The third-order valence-electron chi connectivity index (χ3n) is 3.93. The Bertz CT molecular complexity index is 839. The number of guanidine groups is 1. The van der Waals surface area contributed by atoms with Crippen LogP contribution in [0.15, 0.2) is 64.5 Å². The Morgan fingerprint density at radius 2 is 1.74 bits per heavy atom. The number of sulfone groups is 1. The molecule has 2 rings (SSSR count). The number of hydrogen-bond donors (Lipinski definition) is 2. The highest BCUT2D eigenvalue weighted by Crippen LogP contribution is 2.14. The predicted octanol–water partition coefficient (Wildman–Crippen LogP) is 3.30. The monoisotopic (exact) mass is 407 g/mol. The van der Waals surface area contributed by atoms with Gasteiger partial charge in [-0.1, -0.05) is 48.0 Å². The summed E-state index contributed by atoms with van der Waals surface area (Å²) in [6.07, 6.45) is 1.25. The lowest BCUT2D eigenvalue weighted by atomic mass is 10.1. The zero-order chi connectivity index (χ0) is 19.5. The molecule has 0 bridgehead atoms. The summed E-state index contributed by atoms with van der Waals surface area (Å²) in [4.78, 5) is 4.82. The highest BCUT2D eigenvalue weighted by Gasteiger charge is 2.12. The number of halogens is 1. The van der Waals surface area contributed by atoms with Crippen LogP contribution < -0.4 is 10.6 Å². The van der Waals surface area contributed by atoms with Crippen LogP contribution in [-0.2, 0) is 16.3 Å². The second-order valence-corrected chi connectivity index (χ2v) is 8.53. The molecule has 0 heterocycles. The van der Waals surface area contributed by atoms with E-state index in [9.17, 15) is 8.42 Å². The third-order valence-corrected chi connectivity index (χ3v) is 6.12. The Kier molecular flexibility index (Phi) is 8.61. The first-order chi connectivity index (χ1) is 13.0. The van der Waals surface area contributed by atoms with E-state index < -0.39 is 9.84 Å². The van der Waals surface area contributed by atoms with Crippen LogP contribution in [0.25, 0.3) is 0 Å². The van der Waals surface area contributed by atoms with E-state index in [1.165, 1.54) is 0 Å². The van der Waals surface area contributed by atoms with Crippen LogP contribution in [0.4, 0.5) is 0 Å². The normalized spacial score (nSPS) is 12.0. The molecule has 2 N–H and O–H groups in total. The van der Waals surface area contributed by atoms with Crippen molar-refractivity contribution in [3.63, 3.8) is 0 Å². The minimum absolute atomic E-state index is 0.0829. The van der Waals surface area contributed by atoms with Gasteiger partial charge in [-0.05, 0) is 43.5 Å². The quantitative estimate of drug-likeness (QED) is 0.380. The van der Waals surface area contributed by atoms with E-state index in [2.05, 4.69) is 15.6 Å². The van der Waals surface area contributed by atoms with Crippen molar-refractivity contribution in [2.75, 3.05) is 25.4 Å². The van der Waals surface area contributed by atoms with Crippen LogP contribution in [-0.4, -0.2) is 39.8 Å². The second kappa shape index (κ2) is 10.9. The van der Waals surface area contributed by atoms with Crippen molar-refractivity contribution in [2.45, 2.75) is 24.7 Å². The Morgan fingerprint density at radius 1 is 1.04 bits per heavy atom. The lowest BCUT2D eigenvalue weighted by molar-refractivity contribution is 0.593. The molecule has 0 aliphatic rings. The first-order valence-corrected chi connectivity index (χ1v) is 11.1. The molecular formula is C20H26ClN3O2S. The average Bonchev–Trinajstić information content (AvgIpc) is 2.67. The van der Waals surface area contributed by atoms with Crippen molar-refractivity contribution >= 4 is 27.4 Å². The number of nitrogens with one attached hydrogen (secondary N) is 2. The predicted molar refractivity (Wildman–Crippen MR) is 112 cm³/mol. The number of benzene rings is 2. The van der Waals surface area contributed by atoms with Crippen molar-refractivity contribution in [3.05, 3.63) is 65.2 Å². The molecule has 2 aromatic carbocycles. The van der Waals surface area contributed by atoms with E-state index in [1.807, 2.05) is 31.2 Å². The van der Waals surface area contributed by atoms with E-state index in [0.717, 1.165) is 23.6 Å². The van der Waals surface area contributed by atoms with E-state index in [1.54, 1.807) is 30.3 Å². The van der Waals surface area contributed by atoms with Gasteiger partial charge in [0.2, 0.25) is 0 Å². The summed E-state index contributed by atoms with van der Waals surface area (Å²) in [6, 6.07) is 16.3. The van der Waals surface area contributed by atoms with Crippen molar-refractivity contribution in [1.29, 1.82) is 0 Å². The standard InChI is InChI=1S/C20H26ClN3O2S/c1-2-22-20(24-15-13-17-9-6-7-12-19(17)21)23-14-8-16-27(25,26)18-10-4-3-5-11-18/h3-7,9-12H,2,8,13-16H2,1H3,(H2,22,23,24). The fourth-order valence-corrected chi connectivity index (χ4v) is 4.10. The summed E-state index contributed by atoms with van der Waals surface area (Å²) >= 11 is 6.17. The highest BCUT2D eigenvalue weighted by atomic mass is 35.5. The second-order valence-electron chi connectivity index (χ2n) is 6.01. The molecule has 0 aliphatic heterocycles. The summed E-state index contributed by atoms with van der Waals surface area (Å²) in [5.74, 6) is 0.765. The molecule has 0 fully saturated rings. The number of rotatable bonds is 9. The maximum atomic E-state index is 12.3. The van der Waals surface area contributed by atoms with E-state index in [-0.39, 0.29) is 5.75 Å². The third kappa shape index (κ3) is 7.23. The summed E-state index contributed by atoms with van der Waals surface area (Å²) in [7, 11) is -3.25. The molecule has 27 heavy (non-hydrogen) atoms. The van der Waals surface area contributed by atoms with E-state index in [0.29, 0.717) is 30.4 Å². The van der Waals surface area contributed by atoms with Gasteiger partial charge in [-0.15, -0.1) is 0 Å². The summed E-state index contributed by atoms with van der Waals surface area (Å²) in [6.45, 7) is 3.86. The van der Waals surface area contributed by atoms with Gasteiger partial charge < -0.3 is 10.6 Å². The molecule has 0 saturated heterocycles. The van der Waals surface area contributed by atoms with Crippen LogP contribution >= 0.6 is 11.6 Å². The Labute approximate surface area is 166 Å². The van der Waals surface area contributed by atoms with Crippen LogP contribution in [0.3, 0.4) is 0 Å². The van der Waals surface area contributed by atoms with Crippen LogP contribution in [0.2, 0.25) is 5.02 Å². The van der Waals surface area contributed by atoms with Gasteiger partial charge in [-0.3, -0.25) is 4.99 Å². The van der Waals surface area contributed by atoms with Crippen LogP contribution in [0, 0.1) is 0 Å². The molecule has 146 valence electrons. The van der Waals surface area contributed by atoms with Gasteiger partial charge in [0.05, 0.1) is 10.6 Å². The number of aliphatic imine (C=N–C) groups is 1.